The van der Waals surface area contributed by atoms with E-state index in [1.807, 2.05) is 12.1 Å². The van der Waals surface area contributed by atoms with E-state index in [0.717, 1.165) is 12.8 Å². The number of pyridine rings is 1. The van der Waals surface area contributed by atoms with E-state index in [2.05, 4.69) is 11.1 Å². The molecule has 4 heteroatoms. The molecule has 3 nitrogen and oxygen atoms in total. The van der Waals surface area contributed by atoms with Gasteiger partial charge in [-0.2, -0.15) is 0 Å². The van der Waals surface area contributed by atoms with Crippen molar-refractivity contribution in [2.75, 3.05) is 0 Å². The lowest BCUT2D eigenvalue weighted by Gasteiger charge is -2.22. The van der Waals surface area contributed by atoms with Crippen molar-refractivity contribution in [3.63, 3.8) is 0 Å². The van der Waals surface area contributed by atoms with Gasteiger partial charge in [-0.25, -0.2) is 4.39 Å². The molecule has 1 aromatic carbocycles. The highest BCUT2D eigenvalue weighted by Gasteiger charge is 2.26. The Kier molecular flexibility index (Phi) is 4.81. The summed E-state index contributed by atoms with van der Waals surface area (Å²) >= 11 is 0. The van der Waals surface area contributed by atoms with Crippen LogP contribution in [-0.2, 0) is 9.53 Å². The lowest BCUT2D eigenvalue weighted by Crippen LogP contribution is -2.22. The minimum atomic E-state index is -0.690. The summed E-state index contributed by atoms with van der Waals surface area (Å²) in [5.74, 6) is -0.755. The molecule has 23 heavy (non-hydrogen) atoms. The van der Waals surface area contributed by atoms with Crippen LogP contribution < -0.4 is 0 Å². The van der Waals surface area contributed by atoms with Crippen LogP contribution in [0.3, 0.4) is 0 Å². The number of ether oxygens (including phenoxy) is 1. The van der Waals surface area contributed by atoms with Gasteiger partial charge in [0.2, 0.25) is 0 Å². The molecule has 3 rings (SSSR count). The molecule has 0 saturated heterocycles. The van der Waals surface area contributed by atoms with Crippen LogP contribution >= 0.6 is 0 Å². The summed E-state index contributed by atoms with van der Waals surface area (Å²) in [6.07, 6.45) is 7.39. The summed E-state index contributed by atoms with van der Waals surface area (Å²) in [6, 6.07) is 11.5. The molecule has 0 amide bonds. The number of allylic oxidation sites excluding steroid dienone is 2. The van der Waals surface area contributed by atoms with Gasteiger partial charge in [0.25, 0.3) is 0 Å². The monoisotopic (exact) mass is 311 g/mol. The van der Waals surface area contributed by atoms with Crippen molar-refractivity contribution in [1.82, 2.24) is 4.98 Å². The quantitative estimate of drug-likeness (QED) is 0.627. The highest BCUT2D eigenvalue weighted by molar-refractivity contribution is 5.73. The maximum atomic E-state index is 13.6. The first-order valence-corrected chi connectivity index (χ1v) is 7.76. The molecule has 0 aliphatic heterocycles. The van der Waals surface area contributed by atoms with Crippen molar-refractivity contribution >= 4 is 5.97 Å². The van der Waals surface area contributed by atoms with Gasteiger partial charge in [-0.3, -0.25) is 9.78 Å². The zero-order valence-electron chi connectivity index (χ0n) is 12.7. The Hall–Kier alpha value is -2.49. The number of rotatable bonds is 4. The van der Waals surface area contributed by atoms with Crippen molar-refractivity contribution in [2.45, 2.75) is 25.4 Å². The van der Waals surface area contributed by atoms with E-state index in [0.29, 0.717) is 17.7 Å². The van der Waals surface area contributed by atoms with E-state index in [4.69, 9.17) is 4.74 Å². The molecule has 0 fully saturated rings. The van der Waals surface area contributed by atoms with Gasteiger partial charge >= 0.3 is 5.97 Å². The van der Waals surface area contributed by atoms with E-state index < -0.39 is 6.10 Å². The van der Waals surface area contributed by atoms with Gasteiger partial charge in [0, 0.05) is 11.8 Å². The van der Waals surface area contributed by atoms with Crippen LogP contribution in [0.25, 0.3) is 0 Å². The molecule has 0 bridgehead atoms. The first kappa shape index (κ1) is 15.4. The van der Waals surface area contributed by atoms with Gasteiger partial charge < -0.3 is 4.74 Å². The second-order valence-corrected chi connectivity index (χ2v) is 5.61. The molecule has 1 aliphatic rings. The molecule has 2 aromatic rings. The minimum absolute atomic E-state index is 0.139. The van der Waals surface area contributed by atoms with Crippen LogP contribution in [-0.4, -0.2) is 11.0 Å². The lowest BCUT2D eigenvalue weighted by molar-refractivity contribution is -0.153. The predicted molar refractivity (Wildman–Crippen MR) is 85.1 cm³/mol. The number of halogens is 1. The molecule has 1 aromatic heterocycles. The number of nitrogens with zero attached hydrogens (tertiary/aromatic N) is 1. The van der Waals surface area contributed by atoms with Crippen LogP contribution in [0.15, 0.2) is 60.8 Å². The summed E-state index contributed by atoms with van der Waals surface area (Å²) in [5.41, 5.74) is 1.18. The van der Waals surface area contributed by atoms with Crippen LogP contribution in [0.5, 0.6) is 0 Å². The highest BCUT2D eigenvalue weighted by Crippen LogP contribution is 2.28. The Morgan fingerprint density at radius 3 is 2.83 bits per heavy atom. The SMILES string of the molecule is O=C(OC(c1cccc(F)c1)c1ccccn1)C1CC=CCC1. The maximum Gasteiger partial charge on any atom is 0.310 e. The number of benzene rings is 1. The first-order valence-electron chi connectivity index (χ1n) is 7.76. The van der Waals surface area contributed by atoms with Gasteiger partial charge in [0.15, 0.2) is 6.10 Å². The molecule has 2 unspecified atom stereocenters. The lowest BCUT2D eigenvalue weighted by atomic mass is 9.94. The topological polar surface area (TPSA) is 39.2 Å². The van der Waals surface area contributed by atoms with Crippen molar-refractivity contribution in [2.24, 2.45) is 5.92 Å². The molecular weight excluding hydrogens is 293 g/mol. The van der Waals surface area contributed by atoms with Crippen molar-refractivity contribution in [3.8, 4) is 0 Å². The fraction of sp³-hybridized carbons (Fsp3) is 0.263. The van der Waals surface area contributed by atoms with Gasteiger partial charge in [0.05, 0.1) is 11.6 Å². The summed E-state index contributed by atoms with van der Waals surface area (Å²) < 4.78 is 19.3. The first-order chi connectivity index (χ1) is 11.2. The smallest absolute Gasteiger partial charge is 0.310 e. The fourth-order valence-electron chi connectivity index (χ4n) is 2.72. The maximum absolute atomic E-state index is 13.6. The summed E-state index contributed by atoms with van der Waals surface area (Å²) in [4.78, 5) is 16.7. The van der Waals surface area contributed by atoms with E-state index in [1.165, 1.54) is 12.1 Å². The van der Waals surface area contributed by atoms with E-state index >= 15 is 0 Å². The Morgan fingerprint density at radius 1 is 1.22 bits per heavy atom. The van der Waals surface area contributed by atoms with Crippen LogP contribution in [0, 0.1) is 11.7 Å². The Balaban J connectivity index is 1.86. The number of carbonyl (C=O) groups excluding carboxylic acids is 1. The van der Waals surface area contributed by atoms with Crippen molar-refractivity contribution < 1.29 is 13.9 Å². The molecule has 0 N–H and O–H groups in total. The second-order valence-electron chi connectivity index (χ2n) is 5.61. The van der Waals surface area contributed by atoms with E-state index in [9.17, 15) is 9.18 Å². The van der Waals surface area contributed by atoms with Gasteiger partial charge in [0.1, 0.15) is 5.82 Å². The molecule has 0 saturated carbocycles. The minimum Gasteiger partial charge on any atom is -0.451 e. The predicted octanol–water partition coefficient (Wildman–Crippen LogP) is 4.21. The molecule has 2 atom stereocenters. The Morgan fingerprint density at radius 2 is 2.13 bits per heavy atom. The Labute approximate surface area is 134 Å². The summed E-state index contributed by atoms with van der Waals surface area (Å²) in [5, 5.41) is 0. The third-order valence-electron chi connectivity index (χ3n) is 3.94. The number of hydrogen-bond donors (Lipinski definition) is 0. The van der Waals surface area contributed by atoms with Gasteiger partial charge in [-0.05, 0) is 43.5 Å². The molecule has 1 aliphatic carbocycles. The van der Waals surface area contributed by atoms with E-state index in [-0.39, 0.29) is 17.7 Å². The average molecular weight is 311 g/mol. The van der Waals surface area contributed by atoms with Gasteiger partial charge in [-0.1, -0.05) is 30.4 Å². The molecule has 118 valence electrons. The highest BCUT2D eigenvalue weighted by atomic mass is 19.1. The molecule has 0 radical (unpaired) electrons. The average Bonchev–Trinajstić information content (AvgIpc) is 2.61. The molecular formula is C19H18FNO2. The van der Waals surface area contributed by atoms with Gasteiger partial charge in [-0.15, -0.1) is 0 Å². The largest absolute Gasteiger partial charge is 0.451 e. The van der Waals surface area contributed by atoms with Crippen LogP contribution in [0.1, 0.15) is 36.6 Å². The molecule has 0 spiro atoms. The number of aromatic nitrogens is 1. The normalized spacial score (nSPS) is 18.4. The van der Waals surface area contributed by atoms with Crippen molar-refractivity contribution in [1.29, 1.82) is 0 Å². The zero-order chi connectivity index (χ0) is 16.1. The standard InChI is InChI=1S/C19H18FNO2/c20-16-10-6-9-15(13-16)18(17-11-4-5-12-21-17)23-19(22)14-7-2-1-3-8-14/h1-2,4-6,9-14,18H,3,7-8H2. The number of carbonyl (C=O) groups is 1. The third-order valence-corrected chi connectivity index (χ3v) is 3.94. The summed E-state index contributed by atoms with van der Waals surface area (Å²) in [6.45, 7) is 0. The second kappa shape index (κ2) is 7.18. The van der Waals surface area contributed by atoms with Crippen molar-refractivity contribution in [3.05, 3.63) is 77.9 Å². The number of hydrogen-bond acceptors (Lipinski definition) is 3. The Bertz CT molecular complexity index is 700. The molecule has 1 heterocycles. The summed E-state index contributed by atoms with van der Waals surface area (Å²) in [7, 11) is 0. The van der Waals surface area contributed by atoms with Crippen LogP contribution in [0.2, 0.25) is 0 Å². The third kappa shape index (κ3) is 3.83. The zero-order valence-corrected chi connectivity index (χ0v) is 12.7. The van der Waals surface area contributed by atoms with E-state index in [1.54, 1.807) is 30.5 Å². The fourth-order valence-corrected chi connectivity index (χ4v) is 2.72. The van der Waals surface area contributed by atoms with Crippen LogP contribution in [0.4, 0.5) is 4.39 Å². The number of esters is 1.